The first kappa shape index (κ1) is 13.0. The van der Waals surface area contributed by atoms with Gasteiger partial charge in [-0.3, -0.25) is 9.36 Å². The van der Waals surface area contributed by atoms with Gasteiger partial charge in [0.2, 0.25) is 5.89 Å². The number of halogens is 1. The molecule has 6 nitrogen and oxygen atoms in total. The predicted molar refractivity (Wildman–Crippen MR) is 76.5 cm³/mol. The van der Waals surface area contributed by atoms with E-state index in [1.165, 1.54) is 10.9 Å². The second kappa shape index (κ2) is 5.16. The van der Waals surface area contributed by atoms with Crippen molar-refractivity contribution in [3.8, 4) is 0 Å². The number of nitrogens with zero attached hydrogens (tertiary/aromatic N) is 4. The van der Waals surface area contributed by atoms with Crippen LogP contribution in [0.2, 0.25) is 0 Å². The molecule has 0 amide bonds. The minimum Gasteiger partial charge on any atom is -0.337 e. The molecule has 0 aliphatic rings. The number of hydrogen-bond acceptors (Lipinski definition) is 5. The largest absolute Gasteiger partial charge is 0.337 e. The summed E-state index contributed by atoms with van der Waals surface area (Å²) in [5.41, 5.74) is 0.527. The van der Waals surface area contributed by atoms with Gasteiger partial charge in [-0.1, -0.05) is 28.0 Å². The molecule has 0 N–H and O–H groups in total. The highest BCUT2D eigenvalue weighted by atomic mass is 79.9. The van der Waals surface area contributed by atoms with Gasteiger partial charge < -0.3 is 4.52 Å². The normalized spacial score (nSPS) is 11.1. The quantitative estimate of drug-likeness (QED) is 0.733. The van der Waals surface area contributed by atoms with E-state index in [4.69, 9.17) is 4.52 Å². The van der Waals surface area contributed by atoms with Gasteiger partial charge in [0.25, 0.3) is 5.56 Å². The van der Waals surface area contributed by atoms with Crippen molar-refractivity contribution in [3.63, 3.8) is 0 Å². The van der Waals surface area contributed by atoms with Crippen LogP contribution in [-0.4, -0.2) is 19.7 Å². The minimum absolute atomic E-state index is 0.126. The zero-order chi connectivity index (χ0) is 14.1. The van der Waals surface area contributed by atoms with Gasteiger partial charge in [0.05, 0.1) is 17.2 Å². The van der Waals surface area contributed by atoms with Gasteiger partial charge in [0.1, 0.15) is 6.54 Å². The Morgan fingerprint density at radius 3 is 3.00 bits per heavy atom. The Hall–Kier alpha value is -2.02. The zero-order valence-electron chi connectivity index (χ0n) is 10.7. The smallest absolute Gasteiger partial charge is 0.261 e. The molecule has 0 spiro atoms. The molecule has 3 aromatic rings. The van der Waals surface area contributed by atoms with Gasteiger partial charge in [-0.25, -0.2) is 4.98 Å². The van der Waals surface area contributed by atoms with Crippen molar-refractivity contribution in [3.05, 3.63) is 51.1 Å². The zero-order valence-corrected chi connectivity index (χ0v) is 12.3. The van der Waals surface area contributed by atoms with E-state index in [1.54, 1.807) is 6.07 Å². The molecular formula is C13H11BrN4O2. The SMILES string of the molecule is CCc1noc(Cn2cnc3cc(Br)ccc3c2=O)n1. The summed E-state index contributed by atoms with van der Waals surface area (Å²) in [6.45, 7) is 2.17. The van der Waals surface area contributed by atoms with E-state index in [-0.39, 0.29) is 12.1 Å². The number of hydrogen-bond donors (Lipinski definition) is 0. The third-order valence-electron chi connectivity index (χ3n) is 2.92. The average molecular weight is 335 g/mol. The fourth-order valence-electron chi connectivity index (χ4n) is 1.89. The Kier molecular flexibility index (Phi) is 3.35. The highest BCUT2D eigenvalue weighted by molar-refractivity contribution is 9.10. The molecule has 0 saturated carbocycles. The average Bonchev–Trinajstić information content (AvgIpc) is 2.89. The topological polar surface area (TPSA) is 73.8 Å². The lowest BCUT2D eigenvalue weighted by atomic mass is 10.2. The molecule has 2 heterocycles. The summed E-state index contributed by atoms with van der Waals surface area (Å²) < 4.78 is 7.44. The Morgan fingerprint density at radius 2 is 2.25 bits per heavy atom. The maximum atomic E-state index is 12.3. The van der Waals surface area contributed by atoms with Crippen LogP contribution in [0.4, 0.5) is 0 Å². The van der Waals surface area contributed by atoms with Crippen molar-refractivity contribution in [1.29, 1.82) is 0 Å². The van der Waals surface area contributed by atoms with Crippen LogP contribution in [-0.2, 0) is 13.0 Å². The van der Waals surface area contributed by atoms with Crippen LogP contribution in [0.5, 0.6) is 0 Å². The molecule has 0 unspecified atom stereocenters. The van der Waals surface area contributed by atoms with Crippen LogP contribution < -0.4 is 5.56 Å². The summed E-state index contributed by atoms with van der Waals surface area (Å²) >= 11 is 3.36. The Morgan fingerprint density at radius 1 is 1.40 bits per heavy atom. The van der Waals surface area contributed by atoms with Crippen molar-refractivity contribution in [1.82, 2.24) is 19.7 Å². The molecule has 3 rings (SSSR count). The highest BCUT2D eigenvalue weighted by Crippen LogP contribution is 2.15. The first-order valence-electron chi connectivity index (χ1n) is 6.13. The number of aromatic nitrogens is 4. The Labute approximate surface area is 122 Å². The van der Waals surface area contributed by atoms with E-state index in [9.17, 15) is 4.79 Å². The summed E-state index contributed by atoms with van der Waals surface area (Å²) in [5.74, 6) is 1.04. The lowest BCUT2D eigenvalue weighted by molar-refractivity contribution is 0.365. The van der Waals surface area contributed by atoms with E-state index in [1.807, 2.05) is 19.1 Å². The number of rotatable bonds is 3. The molecule has 0 atom stereocenters. The summed E-state index contributed by atoms with van der Waals surface area (Å²) in [4.78, 5) is 20.8. The molecule has 0 fully saturated rings. The monoisotopic (exact) mass is 334 g/mol. The molecule has 20 heavy (non-hydrogen) atoms. The van der Waals surface area contributed by atoms with Crippen molar-refractivity contribution < 1.29 is 4.52 Å². The standard InChI is InChI=1S/C13H11BrN4O2/c1-2-11-16-12(20-17-11)6-18-7-15-10-5-8(14)3-4-9(10)13(18)19/h3-5,7H,2,6H2,1H3. The minimum atomic E-state index is -0.126. The highest BCUT2D eigenvalue weighted by Gasteiger charge is 2.09. The van der Waals surface area contributed by atoms with E-state index in [0.717, 1.165) is 4.47 Å². The third kappa shape index (κ3) is 2.36. The molecule has 0 saturated heterocycles. The van der Waals surface area contributed by atoms with Crippen molar-refractivity contribution >= 4 is 26.8 Å². The Bertz CT molecular complexity index is 825. The molecular weight excluding hydrogens is 324 g/mol. The maximum absolute atomic E-state index is 12.3. The van der Waals surface area contributed by atoms with E-state index in [2.05, 4.69) is 31.1 Å². The van der Waals surface area contributed by atoms with E-state index >= 15 is 0 Å². The van der Waals surface area contributed by atoms with Crippen molar-refractivity contribution in [2.45, 2.75) is 19.9 Å². The fourth-order valence-corrected chi connectivity index (χ4v) is 2.24. The van der Waals surface area contributed by atoms with Crippen LogP contribution in [0.1, 0.15) is 18.6 Å². The first-order valence-corrected chi connectivity index (χ1v) is 6.93. The number of aryl methyl sites for hydroxylation is 1. The first-order chi connectivity index (χ1) is 9.67. The maximum Gasteiger partial charge on any atom is 0.261 e. The lowest BCUT2D eigenvalue weighted by Gasteiger charge is -2.03. The van der Waals surface area contributed by atoms with Gasteiger partial charge in [-0.2, -0.15) is 4.98 Å². The van der Waals surface area contributed by atoms with Gasteiger partial charge in [-0.05, 0) is 18.2 Å². The van der Waals surface area contributed by atoms with Crippen LogP contribution in [0.15, 0.2) is 38.3 Å². The van der Waals surface area contributed by atoms with Crippen LogP contribution in [0.3, 0.4) is 0 Å². The second-order valence-corrected chi connectivity index (χ2v) is 5.21. The van der Waals surface area contributed by atoms with Crippen molar-refractivity contribution in [2.75, 3.05) is 0 Å². The molecule has 0 bridgehead atoms. The fraction of sp³-hybridized carbons (Fsp3) is 0.231. The van der Waals surface area contributed by atoms with Gasteiger partial charge >= 0.3 is 0 Å². The summed E-state index contributed by atoms with van der Waals surface area (Å²) in [6.07, 6.45) is 2.19. The van der Waals surface area contributed by atoms with E-state index in [0.29, 0.717) is 29.0 Å². The van der Waals surface area contributed by atoms with Crippen LogP contribution in [0.25, 0.3) is 10.9 Å². The number of benzene rings is 1. The van der Waals surface area contributed by atoms with Crippen molar-refractivity contribution in [2.24, 2.45) is 0 Å². The van der Waals surface area contributed by atoms with E-state index < -0.39 is 0 Å². The third-order valence-corrected chi connectivity index (χ3v) is 3.41. The molecule has 102 valence electrons. The van der Waals surface area contributed by atoms with Crippen LogP contribution in [0, 0.1) is 0 Å². The molecule has 7 heteroatoms. The summed E-state index contributed by atoms with van der Waals surface area (Å²) in [6, 6.07) is 5.37. The molecule has 0 radical (unpaired) electrons. The molecule has 0 aliphatic heterocycles. The lowest BCUT2D eigenvalue weighted by Crippen LogP contribution is -2.21. The predicted octanol–water partition coefficient (Wildman–Crippen LogP) is 2.15. The molecule has 1 aromatic carbocycles. The van der Waals surface area contributed by atoms with Gasteiger partial charge in [0, 0.05) is 10.9 Å². The van der Waals surface area contributed by atoms with Gasteiger partial charge in [-0.15, -0.1) is 0 Å². The Balaban J connectivity index is 2.02. The molecule has 2 aromatic heterocycles. The number of fused-ring (bicyclic) bond motifs is 1. The van der Waals surface area contributed by atoms with Gasteiger partial charge in [0.15, 0.2) is 5.82 Å². The van der Waals surface area contributed by atoms with Crippen LogP contribution >= 0.6 is 15.9 Å². The molecule has 0 aliphatic carbocycles. The summed E-state index contributed by atoms with van der Waals surface area (Å²) in [7, 11) is 0. The summed E-state index contributed by atoms with van der Waals surface area (Å²) in [5, 5.41) is 4.37. The second-order valence-electron chi connectivity index (χ2n) is 4.30.